The first-order valence-electron chi connectivity index (χ1n) is 20.1. The smallest absolute Gasteiger partial charge is 0.0676 e. The van der Waals surface area contributed by atoms with E-state index >= 15 is 0 Å². The van der Waals surface area contributed by atoms with Crippen molar-refractivity contribution in [3.63, 3.8) is 0 Å². The Morgan fingerprint density at radius 1 is 0.655 bits per heavy atom. The molecular weight excluding hydrogens is 680 g/mol. The molecule has 10 rings (SSSR count). The van der Waals surface area contributed by atoms with Crippen LogP contribution < -0.4 is 10.6 Å². The largest absolute Gasteiger partial charge is 0.0870 e. The second kappa shape index (κ2) is 12.9. The van der Waals surface area contributed by atoms with Crippen LogP contribution >= 0.6 is 7.92 Å². The highest BCUT2D eigenvalue weighted by Crippen LogP contribution is 2.63. The molecule has 5 aliphatic rings. The second-order valence-electron chi connectivity index (χ2n) is 15.8. The number of hydrogen-bond acceptors (Lipinski definition) is 0. The predicted molar refractivity (Wildman–Crippen MR) is 237 cm³/mol. The fourth-order valence-corrected chi connectivity index (χ4v) is 13.6. The molecule has 3 atom stereocenters. The van der Waals surface area contributed by atoms with E-state index < -0.39 is 7.92 Å². The van der Waals surface area contributed by atoms with Crippen molar-refractivity contribution in [2.24, 2.45) is 0 Å². The van der Waals surface area contributed by atoms with Crippen molar-refractivity contribution in [2.75, 3.05) is 0 Å². The van der Waals surface area contributed by atoms with Crippen molar-refractivity contribution >= 4 is 41.3 Å². The first-order chi connectivity index (χ1) is 27.0. The normalized spacial score (nSPS) is 24.0. The van der Waals surface area contributed by atoms with Gasteiger partial charge in [0.05, 0.1) is 10.8 Å². The fourth-order valence-electron chi connectivity index (χ4n) is 11.2. The molecule has 55 heavy (non-hydrogen) atoms. The van der Waals surface area contributed by atoms with Crippen molar-refractivity contribution in [2.45, 2.75) is 64.7 Å². The Labute approximate surface area is 328 Å². The minimum absolute atomic E-state index is 0.263. The first-order valence-corrected chi connectivity index (χ1v) is 21.4. The summed E-state index contributed by atoms with van der Waals surface area (Å²) in [5.41, 5.74) is 20.9. The summed E-state index contributed by atoms with van der Waals surface area (Å²) in [5.74, 6) is 0. The van der Waals surface area contributed by atoms with Crippen LogP contribution in [0.5, 0.6) is 0 Å². The Kier molecular flexibility index (Phi) is 8.03. The number of allylic oxidation sites excluding steroid dienone is 13. The van der Waals surface area contributed by atoms with Gasteiger partial charge in [-0.1, -0.05) is 164 Å². The van der Waals surface area contributed by atoms with E-state index in [1.165, 1.54) is 99.4 Å². The van der Waals surface area contributed by atoms with Gasteiger partial charge in [0, 0.05) is 0 Å². The minimum atomic E-state index is -0.908. The van der Waals surface area contributed by atoms with Crippen LogP contribution in [-0.2, 0) is 10.8 Å². The molecule has 0 saturated heterocycles. The highest BCUT2D eigenvalue weighted by molar-refractivity contribution is 7.77. The van der Waals surface area contributed by atoms with E-state index in [9.17, 15) is 0 Å². The average molecular weight is 727 g/mol. The van der Waals surface area contributed by atoms with Crippen LogP contribution in [0.3, 0.4) is 0 Å². The van der Waals surface area contributed by atoms with Crippen molar-refractivity contribution < 1.29 is 0 Å². The van der Waals surface area contributed by atoms with Crippen molar-refractivity contribution in [1.82, 2.24) is 0 Å². The molecule has 268 valence electrons. The van der Waals surface area contributed by atoms with Crippen LogP contribution in [-0.4, -0.2) is 0 Å². The van der Waals surface area contributed by atoms with E-state index in [4.69, 9.17) is 0 Å². The van der Waals surface area contributed by atoms with Crippen LogP contribution in [0.1, 0.15) is 98.4 Å². The van der Waals surface area contributed by atoms with E-state index in [0.717, 1.165) is 19.3 Å². The third-order valence-corrected chi connectivity index (χ3v) is 15.8. The molecule has 0 N–H and O–H groups in total. The van der Waals surface area contributed by atoms with Gasteiger partial charge in [-0.2, -0.15) is 0 Å². The lowest BCUT2D eigenvalue weighted by Crippen LogP contribution is -2.29. The Bertz CT molecular complexity index is 2670. The van der Waals surface area contributed by atoms with Gasteiger partial charge in [-0.3, -0.25) is 0 Å². The number of fused-ring (bicyclic) bond motifs is 10. The molecule has 2 spiro atoms. The molecule has 0 heterocycles. The lowest BCUT2D eigenvalue weighted by Gasteiger charge is -2.35. The van der Waals surface area contributed by atoms with E-state index in [0.29, 0.717) is 0 Å². The maximum atomic E-state index is 2.65. The van der Waals surface area contributed by atoms with E-state index in [1.54, 1.807) is 0 Å². The Balaban J connectivity index is 1.23. The monoisotopic (exact) mass is 726 g/mol. The molecule has 0 radical (unpaired) electrons. The zero-order valence-electron chi connectivity index (χ0n) is 32.6. The Morgan fingerprint density at radius 3 is 2.11 bits per heavy atom. The van der Waals surface area contributed by atoms with Crippen molar-refractivity contribution in [3.8, 4) is 0 Å². The number of hydrogen-bond donors (Lipinski definition) is 0. The molecule has 0 aliphatic heterocycles. The maximum absolute atomic E-state index is 2.65. The van der Waals surface area contributed by atoms with E-state index in [1.807, 2.05) is 0 Å². The zero-order chi connectivity index (χ0) is 37.5. The Hall–Kier alpha value is -5.29. The summed E-state index contributed by atoms with van der Waals surface area (Å²) in [6.45, 7) is 11.6. The summed E-state index contributed by atoms with van der Waals surface area (Å²) < 4.78 is 0. The lowest BCUT2D eigenvalue weighted by atomic mass is 9.68. The SMILES string of the molecule is C/C=C\C1=C(CC)C2(C(C)=C(C)c3ccc(P(C4=C/C5=C(CC/C=C\4)c4ccccc4C54C(C)=Cc5ccccc54)c4ccccc4)cc32)c2ccccc21. The van der Waals surface area contributed by atoms with Gasteiger partial charge in [0.2, 0.25) is 0 Å². The van der Waals surface area contributed by atoms with Gasteiger partial charge in [0.25, 0.3) is 0 Å². The quantitative estimate of drug-likeness (QED) is 0.158. The van der Waals surface area contributed by atoms with Crippen molar-refractivity contribution in [3.05, 3.63) is 224 Å². The van der Waals surface area contributed by atoms with E-state index in [-0.39, 0.29) is 10.8 Å². The fraction of sp³-hybridized carbons (Fsp3) is 0.185. The standard InChI is InChI=1S/C54H47P/c1-6-19-43-44-24-15-18-29-50(44)54(47(43)7-2)37(5)36(4)42-31-30-41(34-51(42)54)55(39-21-9-8-10-22-39)40-23-12-13-26-46-45-25-14-17-28-49(45)53(52(46)33-40)35(3)32-38-20-11-16-27-48(38)53/h6,8-12,14-25,27-34H,7,13,26H2,1-5H3/b19-6-,23-12-,40-33+. The summed E-state index contributed by atoms with van der Waals surface area (Å²) >= 11 is 0. The molecule has 0 fully saturated rings. The minimum Gasteiger partial charge on any atom is -0.0870 e. The molecule has 5 aromatic carbocycles. The van der Waals surface area contributed by atoms with Crippen LogP contribution in [0, 0.1) is 0 Å². The van der Waals surface area contributed by atoms with Gasteiger partial charge >= 0.3 is 0 Å². The molecule has 0 nitrogen and oxygen atoms in total. The molecule has 1 heteroatoms. The summed E-state index contributed by atoms with van der Waals surface area (Å²) in [6, 6.07) is 46.5. The molecule has 0 bridgehead atoms. The van der Waals surface area contributed by atoms with Gasteiger partial charge in [0.15, 0.2) is 0 Å². The molecule has 3 unspecified atom stereocenters. The van der Waals surface area contributed by atoms with E-state index in [2.05, 4.69) is 192 Å². The summed E-state index contributed by atoms with van der Waals surface area (Å²) in [4.78, 5) is 0. The lowest BCUT2D eigenvalue weighted by molar-refractivity contribution is 0.711. The van der Waals surface area contributed by atoms with Crippen LogP contribution in [0.25, 0.3) is 22.8 Å². The zero-order valence-corrected chi connectivity index (χ0v) is 33.5. The van der Waals surface area contributed by atoms with Crippen LogP contribution in [0.2, 0.25) is 0 Å². The highest BCUT2D eigenvalue weighted by Gasteiger charge is 2.52. The van der Waals surface area contributed by atoms with Crippen LogP contribution in [0.15, 0.2) is 179 Å². The summed E-state index contributed by atoms with van der Waals surface area (Å²) in [6.07, 6.45) is 17.7. The molecular formula is C54H47P. The third-order valence-electron chi connectivity index (χ3n) is 13.4. The van der Waals surface area contributed by atoms with Gasteiger partial charge < -0.3 is 0 Å². The average Bonchev–Trinajstić information content (AvgIpc) is 3.84. The summed E-state index contributed by atoms with van der Waals surface area (Å²) in [5, 5.41) is 4.22. The first kappa shape index (κ1) is 34.2. The molecule has 5 aromatic rings. The predicted octanol–water partition coefficient (Wildman–Crippen LogP) is 13.4. The number of benzene rings is 5. The summed E-state index contributed by atoms with van der Waals surface area (Å²) in [7, 11) is -0.908. The van der Waals surface area contributed by atoms with Gasteiger partial charge in [-0.15, -0.1) is 0 Å². The second-order valence-corrected chi connectivity index (χ2v) is 18.0. The number of rotatable bonds is 5. The maximum Gasteiger partial charge on any atom is 0.0676 e. The van der Waals surface area contributed by atoms with Gasteiger partial charge in [-0.05, 0) is 155 Å². The Morgan fingerprint density at radius 2 is 1.35 bits per heavy atom. The van der Waals surface area contributed by atoms with Crippen LogP contribution in [0.4, 0.5) is 0 Å². The molecule has 0 amide bonds. The molecule has 0 saturated carbocycles. The van der Waals surface area contributed by atoms with Gasteiger partial charge in [-0.25, -0.2) is 0 Å². The molecule has 5 aliphatic carbocycles. The topological polar surface area (TPSA) is 0 Å². The highest BCUT2D eigenvalue weighted by atomic mass is 31.1. The third kappa shape index (κ3) is 4.56. The molecule has 0 aromatic heterocycles. The van der Waals surface area contributed by atoms with Crippen molar-refractivity contribution in [1.29, 1.82) is 0 Å². The van der Waals surface area contributed by atoms with Gasteiger partial charge in [0.1, 0.15) is 0 Å².